The van der Waals surface area contributed by atoms with E-state index in [9.17, 15) is 4.79 Å². The number of nitrogens with zero attached hydrogens (tertiary/aromatic N) is 2. The minimum absolute atomic E-state index is 0.0527. The van der Waals surface area contributed by atoms with Gasteiger partial charge in [-0.2, -0.15) is 5.26 Å². The van der Waals surface area contributed by atoms with Crippen molar-refractivity contribution in [2.75, 3.05) is 0 Å². The lowest BCUT2D eigenvalue weighted by atomic mass is 10.1. The van der Waals surface area contributed by atoms with Crippen molar-refractivity contribution in [2.45, 2.75) is 6.92 Å². The van der Waals surface area contributed by atoms with Gasteiger partial charge in [0, 0.05) is 11.9 Å². The summed E-state index contributed by atoms with van der Waals surface area (Å²) in [5, 5.41) is 17.1. The average molecular weight is 162 g/mol. The first-order valence-corrected chi connectivity index (χ1v) is 3.25. The Kier molecular flexibility index (Phi) is 2.06. The van der Waals surface area contributed by atoms with E-state index in [-0.39, 0.29) is 11.1 Å². The molecule has 4 nitrogen and oxygen atoms in total. The number of hydrogen-bond donors (Lipinski definition) is 1. The minimum Gasteiger partial charge on any atom is -0.478 e. The molecule has 1 aromatic rings. The highest BCUT2D eigenvalue weighted by atomic mass is 16.4. The number of aryl methyl sites for hydroxylation is 1. The van der Waals surface area contributed by atoms with Crippen molar-refractivity contribution in [3.8, 4) is 6.07 Å². The van der Waals surface area contributed by atoms with E-state index in [4.69, 9.17) is 10.4 Å². The third-order valence-corrected chi connectivity index (χ3v) is 1.39. The maximum Gasteiger partial charge on any atom is 0.338 e. The number of nitriles is 1. The first-order chi connectivity index (χ1) is 5.65. The molecule has 1 aromatic heterocycles. The van der Waals surface area contributed by atoms with Crippen LogP contribution in [0.4, 0.5) is 0 Å². The molecule has 0 aliphatic heterocycles. The Balaban J connectivity index is 3.32. The van der Waals surface area contributed by atoms with E-state index in [1.807, 2.05) is 0 Å². The van der Waals surface area contributed by atoms with E-state index in [0.29, 0.717) is 5.69 Å². The van der Waals surface area contributed by atoms with Gasteiger partial charge in [0.2, 0.25) is 0 Å². The Hall–Kier alpha value is -1.89. The van der Waals surface area contributed by atoms with Gasteiger partial charge in [-0.15, -0.1) is 0 Å². The Bertz CT molecular complexity index is 366. The fourth-order valence-corrected chi connectivity index (χ4v) is 0.823. The van der Waals surface area contributed by atoms with Crippen LogP contribution < -0.4 is 0 Å². The summed E-state index contributed by atoms with van der Waals surface area (Å²) in [6.07, 6.45) is 1.19. The van der Waals surface area contributed by atoms with Crippen LogP contribution in [-0.4, -0.2) is 16.1 Å². The largest absolute Gasteiger partial charge is 0.478 e. The van der Waals surface area contributed by atoms with Crippen molar-refractivity contribution >= 4 is 5.97 Å². The van der Waals surface area contributed by atoms with Crippen molar-refractivity contribution in [1.29, 1.82) is 5.26 Å². The normalized spacial score (nSPS) is 9.00. The lowest BCUT2D eigenvalue weighted by molar-refractivity contribution is 0.0696. The molecule has 0 fully saturated rings. The fraction of sp³-hybridized carbons (Fsp3) is 0.125. The Labute approximate surface area is 69.1 Å². The SMILES string of the molecule is Cc1cc(C#N)c(C(=O)O)cn1. The highest BCUT2D eigenvalue weighted by Crippen LogP contribution is 2.07. The molecule has 0 saturated carbocycles. The number of carbonyl (C=O) groups is 1. The van der Waals surface area contributed by atoms with Gasteiger partial charge in [0.05, 0.1) is 11.1 Å². The third-order valence-electron chi connectivity index (χ3n) is 1.39. The van der Waals surface area contributed by atoms with Crippen LogP contribution in [0.1, 0.15) is 21.6 Å². The van der Waals surface area contributed by atoms with E-state index in [2.05, 4.69) is 4.98 Å². The predicted molar refractivity (Wildman–Crippen MR) is 40.6 cm³/mol. The molecule has 4 heteroatoms. The Morgan fingerprint density at radius 3 is 2.92 bits per heavy atom. The molecule has 12 heavy (non-hydrogen) atoms. The zero-order valence-corrected chi connectivity index (χ0v) is 6.40. The molecule has 0 aromatic carbocycles. The summed E-state index contributed by atoms with van der Waals surface area (Å²) >= 11 is 0. The Morgan fingerprint density at radius 2 is 2.42 bits per heavy atom. The van der Waals surface area contributed by atoms with Gasteiger partial charge in [-0.25, -0.2) is 4.79 Å². The summed E-state index contributed by atoms with van der Waals surface area (Å²) in [4.78, 5) is 14.3. The highest BCUT2D eigenvalue weighted by molar-refractivity contribution is 5.90. The average Bonchev–Trinajstić information content (AvgIpc) is 2.03. The first-order valence-electron chi connectivity index (χ1n) is 3.25. The van der Waals surface area contributed by atoms with Crippen LogP contribution in [0.3, 0.4) is 0 Å². The molecule has 0 aliphatic carbocycles. The maximum absolute atomic E-state index is 10.5. The van der Waals surface area contributed by atoms with Crippen LogP contribution in [0.5, 0.6) is 0 Å². The van der Waals surface area contributed by atoms with E-state index in [1.165, 1.54) is 12.3 Å². The van der Waals surface area contributed by atoms with Gasteiger partial charge in [0.1, 0.15) is 6.07 Å². The number of carboxylic acid groups (broad SMARTS) is 1. The van der Waals surface area contributed by atoms with Crippen molar-refractivity contribution in [2.24, 2.45) is 0 Å². The maximum atomic E-state index is 10.5. The number of rotatable bonds is 1. The summed E-state index contributed by atoms with van der Waals surface area (Å²) in [6.45, 7) is 1.70. The number of aromatic carboxylic acids is 1. The summed E-state index contributed by atoms with van der Waals surface area (Å²) < 4.78 is 0. The number of aromatic nitrogens is 1. The van der Waals surface area contributed by atoms with E-state index in [0.717, 1.165) is 0 Å². The molecule has 0 unspecified atom stereocenters. The molecule has 0 bridgehead atoms. The summed E-state index contributed by atoms with van der Waals surface area (Å²) in [5.74, 6) is -1.13. The fourth-order valence-electron chi connectivity index (χ4n) is 0.823. The second-order valence-corrected chi connectivity index (χ2v) is 2.29. The highest BCUT2D eigenvalue weighted by Gasteiger charge is 2.09. The van der Waals surface area contributed by atoms with Crippen molar-refractivity contribution < 1.29 is 9.90 Å². The van der Waals surface area contributed by atoms with Crippen molar-refractivity contribution in [3.05, 3.63) is 29.1 Å². The summed E-state index contributed by atoms with van der Waals surface area (Å²) in [5.41, 5.74) is 0.731. The van der Waals surface area contributed by atoms with Crippen molar-refractivity contribution in [1.82, 2.24) is 4.98 Å². The first kappa shape index (κ1) is 8.21. The molecule has 0 radical (unpaired) electrons. The van der Waals surface area contributed by atoms with Crippen LogP contribution in [0.2, 0.25) is 0 Å². The lowest BCUT2D eigenvalue weighted by Crippen LogP contribution is -2.01. The van der Waals surface area contributed by atoms with E-state index < -0.39 is 5.97 Å². The van der Waals surface area contributed by atoms with Crippen LogP contribution in [0, 0.1) is 18.3 Å². The van der Waals surface area contributed by atoms with Gasteiger partial charge >= 0.3 is 5.97 Å². The second-order valence-electron chi connectivity index (χ2n) is 2.29. The smallest absolute Gasteiger partial charge is 0.338 e. The van der Waals surface area contributed by atoms with Gasteiger partial charge in [-0.1, -0.05) is 0 Å². The quantitative estimate of drug-likeness (QED) is 0.667. The van der Waals surface area contributed by atoms with Crippen LogP contribution >= 0.6 is 0 Å². The zero-order valence-electron chi connectivity index (χ0n) is 6.40. The zero-order chi connectivity index (χ0) is 9.14. The Morgan fingerprint density at radius 1 is 1.75 bits per heavy atom. The van der Waals surface area contributed by atoms with Gasteiger partial charge in [-0.3, -0.25) is 4.98 Å². The molecule has 0 saturated heterocycles. The predicted octanol–water partition coefficient (Wildman–Crippen LogP) is 0.960. The number of hydrogen-bond acceptors (Lipinski definition) is 3. The molecule has 1 heterocycles. The van der Waals surface area contributed by atoms with Crippen molar-refractivity contribution in [3.63, 3.8) is 0 Å². The van der Waals surface area contributed by atoms with Gasteiger partial charge in [0.15, 0.2) is 0 Å². The van der Waals surface area contributed by atoms with E-state index >= 15 is 0 Å². The molecule has 0 spiro atoms. The van der Waals surface area contributed by atoms with Gasteiger partial charge in [0.25, 0.3) is 0 Å². The molecule has 60 valence electrons. The molecule has 1 rings (SSSR count). The standard InChI is InChI=1S/C8H6N2O2/c1-5-2-6(3-9)7(4-10-5)8(11)12/h2,4H,1H3,(H,11,12). The lowest BCUT2D eigenvalue weighted by Gasteiger charge is -1.97. The van der Waals surface area contributed by atoms with Crippen LogP contribution in [0.15, 0.2) is 12.3 Å². The molecule has 0 atom stereocenters. The summed E-state index contributed by atoms with van der Waals surface area (Å²) in [6, 6.07) is 3.24. The minimum atomic E-state index is -1.13. The number of carboxylic acids is 1. The molecule has 0 aliphatic rings. The summed E-state index contributed by atoms with van der Waals surface area (Å²) in [7, 11) is 0. The molecule has 0 amide bonds. The number of pyridine rings is 1. The van der Waals surface area contributed by atoms with Crippen LogP contribution in [0.25, 0.3) is 0 Å². The third kappa shape index (κ3) is 1.40. The van der Waals surface area contributed by atoms with Gasteiger partial charge in [-0.05, 0) is 13.0 Å². The van der Waals surface area contributed by atoms with Crippen LogP contribution in [-0.2, 0) is 0 Å². The molecular formula is C8H6N2O2. The molecular weight excluding hydrogens is 156 g/mol. The second kappa shape index (κ2) is 3.01. The van der Waals surface area contributed by atoms with E-state index in [1.54, 1.807) is 13.0 Å². The molecule has 1 N–H and O–H groups in total. The van der Waals surface area contributed by atoms with Gasteiger partial charge < -0.3 is 5.11 Å². The monoisotopic (exact) mass is 162 g/mol. The topological polar surface area (TPSA) is 74.0 Å².